The normalized spacial score (nSPS) is 15.7. The average molecular weight is 313 g/mol. The van der Waals surface area contributed by atoms with Gasteiger partial charge in [-0.1, -0.05) is 6.92 Å². The van der Waals surface area contributed by atoms with E-state index in [1.54, 1.807) is 6.33 Å². The molecule has 0 N–H and O–H groups in total. The summed E-state index contributed by atoms with van der Waals surface area (Å²) < 4.78 is 5.76. The second-order valence-corrected chi connectivity index (χ2v) is 5.98. The molecule has 0 atom stereocenters. The summed E-state index contributed by atoms with van der Waals surface area (Å²) in [6.07, 6.45) is 4.81. The number of piperidine rings is 1. The fraction of sp³-hybridized carbons (Fsp3) is 0.529. The molecule has 122 valence electrons. The van der Waals surface area contributed by atoms with Gasteiger partial charge in [0.2, 0.25) is 5.88 Å². The van der Waals surface area contributed by atoms with E-state index in [4.69, 9.17) is 4.74 Å². The maximum atomic E-state index is 5.76. The topological polar surface area (TPSA) is 64.0 Å². The summed E-state index contributed by atoms with van der Waals surface area (Å²) in [7, 11) is 0. The Bertz CT molecular complexity index is 623. The highest BCUT2D eigenvalue weighted by atomic mass is 16.5. The lowest BCUT2D eigenvalue weighted by Gasteiger charge is -2.32. The second kappa shape index (κ2) is 7.35. The van der Waals surface area contributed by atoms with Crippen LogP contribution >= 0.6 is 0 Å². The minimum Gasteiger partial charge on any atom is -0.476 e. The van der Waals surface area contributed by atoms with Gasteiger partial charge in [0.05, 0.1) is 12.3 Å². The summed E-state index contributed by atoms with van der Waals surface area (Å²) in [5.41, 5.74) is 2.00. The molecule has 3 rings (SSSR count). The predicted molar refractivity (Wildman–Crippen MR) is 88.6 cm³/mol. The first-order valence-corrected chi connectivity index (χ1v) is 8.23. The summed E-state index contributed by atoms with van der Waals surface area (Å²) in [6.45, 7) is 6.75. The predicted octanol–water partition coefficient (Wildman–Crippen LogP) is 2.43. The van der Waals surface area contributed by atoms with Crippen molar-refractivity contribution in [3.63, 3.8) is 0 Å². The van der Waals surface area contributed by atoms with Gasteiger partial charge in [-0.25, -0.2) is 9.97 Å². The van der Waals surface area contributed by atoms with Crippen molar-refractivity contribution >= 4 is 5.82 Å². The van der Waals surface area contributed by atoms with Crippen molar-refractivity contribution in [1.29, 1.82) is 0 Å². The number of rotatable bonds is 5. The fourth-order valence-corrected chi connectivity index (χ4v) is 2.75. The van der Waals surface area contributed by atoms with Gasteiger partial charge < -0.3 is 9.64 Å². The average Bonchev–Trinajstić information content (AvgIpc) is 2.62. The Balaban J connectivity index is 1.49. The molecule has 3 heterocycles. The Morgan fingerprint density at radius 1 is 1.17 bits per heavy atom. The van der Waals surface area contributed by atoms with Crippen LogP contribution in [0, 0.1) is 12.8 Å². The molecular formula is C17H23N5O. The molecular weight excluding hydrogens is 290 g/mol. The monoisotopic (exact) mass is 313 g/mol. The standard InChI is InChI=1S/C17H23N5O/c1-3-15-10-16(19-12-18-15)22-8-6-14(7-9-22)11-23-17-5-4-13(2)20-21-17/h4-5,10,12,14H,3,6-9,11H2,1-2H3. The quantitative estimate of drug-likeness (QED) is 0.845. The highest BCUT2D eigenvalue weighted by Gasteiger charge is 2.21. The number of ether oxygens (including phenoxy) is 1. The third-order valence-corrected chi connectivity index (χ3v) is 4.25. The number of hydrogen-bond donors (Lipinski definition) is 0. The molecule has 0 aliphatic carbocycles. The first-order valence-electron chi connectivity index (χ1n) is 8.23. The molecule has 23 heavy (non-hydrogen) atoms. The summed E-state index contributed by atoms with van der Waals surface area (Å²) >= 11 is 0. The SMILES string of the molecule is CCc1cc(N2CCC(COc3ccc(C)nn3)CC2)ncn1. The molecule has 2 aromatic heterocycles. The molecule has 6 heteroatoms. The minimum atomic E-state index is 0.557. The van der Waals surface area contributed by atoms with Crippen LogP contribution in [0.25, 0.3) is 0 Å². The summed E-state index contributed by atoms with van der Waals surface area (Å²) in [5.74, 6) is 2.21. The molecule has 0 bridgehead atoms. The molecule has 2 aromatic rings. The Morgan fingerprint density at radius 2 is 2.00 bits per heavy atom. The zero-order valence-electron chi connectivity index (χ0n) is 13.8. The number of anilines is 1. The van der Waals surface area contributed by atoms with Crippen LogP contribution in [0.3, 0.4) is 0 Å². The minimum absolute atomic E-state index is 0.557. The van der Waals surface area contributed by atoms with Gasteiger partial charge in [-0.3, -0.25) is 0 Å². The third kappa shape index (κ3) is 4.15. The first kappa shape index (κ1) is 15.6. The van der Waals surface area contributed by atoms with Crippen LogP contribution < -0.4 is 9.64 Å². The summed E-state index contributed by atoms with van der Waals surface area (Å²) in [5, 5.41) is 8.06. The van der Waals surface area contributed by atoms with Gasteiger partial charge >= 0.3 is 0 Å². The Morgan fingerprint density at radius 3 is 2.70 bits per heavy atom. The molecule has 0 saturated carbocycles. The molecule has 0 amide bonds. The smallest absolute Gasteiger partial charge is 0.233 e. The second-order valence-electron chi connectivity index (χ2n) is 5.98. The van der Waals surface area contributed by atoms with Gasteiger partial charge in [0.25, 0.3) is 0 Å². The van der Waals surface area contributed by atoms with Gasteiger partial charge in [0.1, 0.15) is 12.1 Å². The lowest BCUT2D eigenvalue weighted by molar-refractivity contribution is 0.214. The molecule has 0 radical (unpaired) electrons. The summed E-state index contributed by atoms with van der Waals surface area (Å²) in [6, 6.07) is 5.90. The molecule has 0 spiro atoms. The maximum Gasteiger partial charge on any atom is 0.233 e. The number of nitrogens with zero attached hydrogens (tertiary/aromatic N) is 5. The van der Waals surface area contributed by atoms with Crippen molar-refractivity contribution in [3.05, 3.63) is 35.9 Å². The van der Waals surface area contributed by atoms with Crippen LogP contribution in [0.4, 0.5) is 5.82 Å². The van der Waals surface area contributed by atoms with E-state index in [1.165, 1.54) is 0 Å². The first-order chi connectivity index (χ1) is 11.2. The Hall–Kier alpha value is -2.24. The van der Waals surface area contributed by atoms with Crippen molar-refractivity contribution in [2.24, 2.45) is 5.92 Å². The highest BCUT2D eigenvalue weighted by molar-refractivity contribution is 5.39. The zero-order chi connectivity index (χ0) is 16.1. The molecule has 6 nitrogen and oxygen atoms in total. The van der Waals surface area contributed by atoms with Crippen LogP contribution in [0.15, 0.2) is 24.5 Å². The van der Waals surface area contributed by atoms with Crippen molar-refractivity contribution in [2.75, 3.05) is 24.6 Å². The van der Waals surface area contributed by atoms with Gasteiger partial charge in [-0.2, -0.15) is 5.10 Å². The van der Waals surface area contributed by atoms with E-state index < -0.39 is 0 Å². The van der Waals surface area contributed by atoms with Crippen LogP contribution in [0.2, 0.25) is 0 Å². The summed E-state index contributed by atoms with van der Waals surface area (Å²) in [4.78, 5) is 11.0. The van der Waals surface area contributed by atoms with E-state index in [-0.39, 0.29) is 0 Å². The largest absolute Gasteiger partial charge is 0.476 e. The number of aryl methyl sites for hydroxylation is 2. The van der Waals surface area contributed by atoms with Gasteiger partial charge in [0.15, 0.2) is 0 Å². The van der Waals surface area contributed by atoms with Gasteiger partial charge in [-0.15, -0.1) is 5.10 Å². The lowest BCUT2D eigenvalue weighted by Crippen LogP contribution is -2.36. The number of hydrogen-bond acceptors (Lipinski definition) is 6. The van der Waals surface area contributed by atoms with E-state index in [0.717, 1.165) is 49.6 Å². The van der Waals surface area contributed by atoms with E-state index in [2.05, 4.69) is 38.1 Å². The van der Waals surface area contributed by atoms with Crippen LogP contribution in [-0.4, -0.2) is 39.9 Å². The van der Waals surface area contributed by atoms with Gasteiger partial charge in [0, 0.05) is 30.9 Å². The zero-order valence-corrected chi connectivity index (χ0v) is 13.8. The maximum absolute atomic E-state index is 5.76. The van der Waals surface area contributed by atoms with Crippen molar-refractivity contribution in [3.8, 4) is 5.88 Å². The molecule has 1 aliphatic rings. The van der Waals surface area contributed by atoms with Crippen LogP contribution in [-0.2, 0) is 6.42 Å². The molecule has 1 saturated heterocycles. The van der Waals surface area contributed by atoms with Gasteiger partial charge in [-0.05, 0) is 38.2 Å². The molecule has 1 aliphatic heterocycles. The van der Waals surface area contributed by atoms with Crippen molar-refractivity contribution < 1.29 is 4.74 Å². The Labute approximate surface area is 136 Å². The van der Waals surface area contributed by atoms with E-state index >= 15 is 0 Å². The van der Waals surface area contributed by atoms with Crippen LogP contribution in [0.1, 0.15) is 31.2 Å². The van der Waals surface area contributed by atoms with Crippen molar-refractivity contribution in [1.82, 2.24) is 20.2 Å². The van der Waals surface area contributed by atoms with E-state index in [9.17, 15) is 0 Å². The Kier molecular flexibility index (Phi) is 5.00. The van der Waals surface area contributed by atoms with Crippen molar-refractivity contribution in [2.45, 2.75) is 33.1 Å². The fourth-order valence-electron chi connectivity index (χ4n) is 2.75. The molecule has 1 fully saturated rings. The third-order valence-electron chi connectivity index (χ3n) is 4.25. The highest BCUT2D eigenvalue weighted by Crippen LogP contribution is 2.22. The van der Waals surface area contributed by atoms with E-state index in [0.29, 0.717) is 18.4 Å². The van der Waals surface area contributed by atoms with Crippen LogP contribution in [0.5, 0.6) is 5.88 Å². The molecule has 0 aromatic carbocycles. The lowest BCUT2D eigenvalue weighted by atomic mass is 9.98. The molecule has 0 unspecified atom stereocenters. The van der Waals surface area contributed by atoms with E-state index in [1.807, 2.05) is 19.1 Å². The number of aromatic nitrogens is 4.